The molecule has 1 aromatic carbocycles. The van der Waals surface area contributed by atoms with Gasteiger partial charge < -0.3 is 14.8 Å². The zero-order valence-electron chi connectivity index (χ0n) is 12.8. The first-order valence-corrected chi connectivity index (χ1v) is 7.67. The van der Waals surface area contributed by atoms with E-state index in [1.165, 1.54) is 11.8 Å². The summed E-state index contributed by atoms with van der Waals surface area (Å²) in [4.78, 5) is 16.3. The van der Waals surface area contributed by atoms with Gasteiger partial charge in [0.1, 0.15) is 11.5 Å². The van der Waals surface area contributed by atoms with Gasteiger partial charge in [0.15, 0.2) is 0 Å². The summed E-state index contributed by atoms with van der Waals surface area (Å²) in [7, 11) is 3.14. The number of benzene rings is 1. The van der Waals surface area contributed by atoms with Gasteiger partial charge in [-0.2, -0.15) is 0 Å². The maximum atomic E-state index is 12.0. The van der Waals surface area contributed by atoms with Crippen molar-refractivity contribution < 1.29 is 14.3 Å². The minimum absolute atomic E-state index is 0.109. The molecule has 22 heavy (non-hydrogen) atoms. The van der Waals surface area contributed by atoms with Crippen LogP contribution in [0.2, 0.25) is 0 Å². The number of aromatic nitrogens is 1. The monoisotopic (exact) mass is 318 g/mol. The Morgan fingerprint density at radius 2 is 1.86 bits per heavy atom. The fourth-order valence-corrected chi connectivity index (χ4v) is 2.40. The molecule has 5 nitrogen and oxygen atoms in total. The summed E-state index contributed by atoms with van der Waals surface area (Å²) < 4.78 is 10.3. The number of hydrogen-bond donors (Lipinski definition) is 1. The molecule has 0 radical (unpaired) electrons. The van der Waals surface area contributed by atoms with Gasteiger partial charge in [0.2, 0.25) is 5.91 Å². The van der Waals surface area contributed by atoms with Crippen molar-refractivity contribution in [3.05, 3.63) is 42.1 Å². The summed E-state index contributed by atoms with van der Waals surface area (Å²) in [6.07, 6.45) is 1.78. The van der Waals surface area contributed by atoms with Crippen molar-refractivity contribution in [3.63, 3.8) is 0 Å². The molecule has 1 heterocycles. The highest BCUT2D eigenvalue weighted by molar-refractivity contribution is 7.99. The van der Waals surface area contributed by atoms with Crippen molar-refractivity contribution in [2.45, 2.75) is 11.9 Å². The standard InChI is InChI=1S/C16H18N2O3S/c1-11-4-5-16(17-9-11)22-10-15(19)18-12-6-13(20-2)8-14(7-12)21-3/h4-9H,10H2,1-3H3,(H,18,19). The number of anilines is 1. The number of carbonyl (C=O) groups excluding carboxylic acids is 1. The van der Waals surface area contributed by atoms with Gasteiger partial charge in [-0.3, -0.25) is 4.79 Å². The van der Waals surface area contributed by atoms with E-state index in [0.29, 0.717) is 17.2 Å². The Morgan fingerprint density at radius 3 is 2.41 bits per heavy atom. The Balaban J connectivity index is 1.95. The molecule has 0 fully saturated rings. The molecule has 2 aromatic rings. The van der Waals surface area contributed by atoms with Crippen LogP contribution in [0, 0.1) is 6.92 Å². The number of pyridine rings is 1. The number of nitrogens with one attached hydrogen (secondary N) is 1. The minimum atomic E-state index is -0.109. The zero-order valence-corrected chi connectivity index (χ0v) is 13.6. The van der Waals surface area contributed by atoms with E-state index in [1.54, 1.807) is 38.6 Å². The van der Waals surface area contributed by atoms with Gasteiger partial charge in [-0.15, -0.1) is 0 Å². The maximum absolute atomic E-state index is 12.0. The van der Waals surface area contributed by atoms with Crippen LogP contribution in [0.4, 0.5) is 5.69 Å². The lowest BCUT2D eigenvalue weighted by Crippen LogP contribution is -2.14. The largest absolute Gasteiger partial charge is 0.497 e. The van der Waals surface area contributed by atoms with Crippen LogP contribution in [-0.2, 0) is 4.79 Å². The summed E-state index contributed by atoms with van der Waals surface area (Å²) >= 11 is 1.39. The van der Waals surface area contributed by atoms with E-state index in [1.807, 2.05) is 19.1 Å². The van der Waals surface area contributed by atoms with E-state index < -0.39 is 0 Å². The summed E-state index contributed by atoms with van der Waals surface area (Å²) in [5.74, 6) is 1.43. The van der Waals surface area contributed by atoms with Crippen molar-refractivity contribution in [1.29, 1.82) is 0 Å². The lowest BCUT2D eigenvalue weighted by Gasteiger charge is -2.09. The van der Waals surface area contributed by atoms with Gasteiger partial charge in [0, 0.05) is 30.1 Å². The van der Waals surface area contributed by atoms with Gasteiger partial charge in [-0.1, -0.05) is 17.8 Å². The van der Waals surface area contributed by atoms with Crippen molar-refractivity contribution >= 4 is 23.4 Å². The Labute approximate surface area is 134 Å². The molecule has 1 aromatic heterocycles. The van der Waals surface area contributed by atoms with E-state index >= 15 is 0 Å². The van der Waals surface area contributed by atoms with Crippen LogP contribution in [0.25, 0.3) is 0 Å². The SMILES string of the molecule is COc1cc(NC(=O)CSc2ccc(C)cn2)cc(OC)c1. The summed E-state index contributed by atoms with van der Waals surface area (Å²) in [5.41, 5.74) is 1.73. The third kappa shape index (κ3) is 4.66. The van der Waals surface area contributed by atoms with Crippen LogP contribution in [0.15, 0.2) is 41.6 Å². The average molecular weight is 318 g/mol. The molecular formula is C16H18N2O3S. The highest BCUT2D eigenvalue weighted by Crippen LogP contribution is 2.26. The Morgan fingerprint density at radius 1 is 1.18 bits per heavy atom. The number of amides is 1. The summed E-state index contributed by atoms with van der Waals surface area (Å²) in [5, 5.41) is 3.65. The Bertz CT molecular complexity index is 622. The number of hydrogen-bond acceptors (Lipinski definition) is 5. The number of methoxy groups -OCH3 is 2. The molecule has 1 N–H and O–H groups in total. The molecule has 0 atom stereocenters. The highest BCUT2D eigenvalue weighted by atomic mass is 32.2. The van der Waals surface area contributed by atoms with Crippen molar-refractivity contribution in [3.8, 4) is 11.5 Å². The van der Waals surface area contributed by atoms with Crippen LogP contribution in [0.5, 0.6) is 11.5 Å². The van der Waals surface area contributed by atoms with Gasteiger partial charge in [0.05, 0.1) is 25.0 Å². The summed E-state index contributed by atoms with van der Waals surface area (Å²) in [6, 6.07) is 9.12. The van der Waals surface area contributed by atoms with Crippen LogP contribution in [0.3, 0.4) is 0 Å². The van der Waals surface area contributed by atoms with E-state index in [2.05, 4.69) is 10.3 Å². The average Bonchev–Trinajstić information content (AvgIpc) is 2.54. The molecule has 0 saturated carbocycles. The van der Waals surface area contributed by atoms with Crippen LogP contribution in [0.1, 0.15) is 5.56 Å². The third-order valence-electron chi connectivity index (χ3n) is 2.87. The second-order valence-corrected chi connectivity index (χ2v) is 5.61. The first-order chi connectivity index (χ1) is 10.6. The van der Waals surface area contributed by atoms with Crippen LogP contribution >= 0.6 is 11.8 Å². The van der Waals surface area contributed by atoms with Crippen LogP contribution < -0.4 is 14.8 Å². The predicted octanol–water partition coefficient (Wildman–Crippen LogP) is 3.14. The highest BCUT2D eigenvalue weighted by Gasteiger charge is 2.07. The van der Waals surface area contributed by atoms with Gasteiger partial charge in [0.25, 0.3) is 0 Å². The molecule has 1 amide bonds. The molecule has 0 saturated heterocycles. The molecule has 6 heteroatoms. The number of ether oxygens (including phenoxy) is 2. The van der Waals surface area contributed by atoms with E-state index in [4.69, 9.17) is 9.47 Å². The van der Waals surface area contributed by atoms with E-state index in [0.717, 1.165) is 10.6 Å². The van der Waals surface area contributed by atoms with Crippen molar-refractivity contribution in [1.82, 2.24) is 4.98 Å². The quantitative estimate of drug-likeness (QED) is 0.829. The van der Waals surface area contributed by atoms with Crippen molar-refractivity contribution in [2.75, 3.05) is 25.3 Å². The number of aryl methyl sites for hydroxylation is 1. The second-order valence-electron chi connectivity index (χ2n) is 4.61. The first-order valence-electron chi connectivity index (χ1n) is 6.69. The van der Waals surface area contributed by atoms with Crippen LogP contribution in [-0.4, -0.2) is 30.9 Å². The minimum Gasteiger partial charge on any atom is -0.497 e. The number of nitrogens with zero attached hydrogens (tertiary/aromatic N) is 1. The number of carbonyl (C=O) groups is 1. The van der Waals surface area contributed by atoms with Gasteiger partial charge in [-0.25, -0.2) is 4.98 Å². The topological polar surface area (TPSA) is 60.5 Å². The molecule has 0 aliphatic heterocycles. The normalized spacial score (nSPS) is 10.1. The number of rotatable bonds is 6. The third-order valence-corrected chi connectivity index (χ3v) is 3.81. The molecule has 116 valence electrons. The zero-order chi connectivity index (χ0) is 15.9. The molecule has 0 spiro atoms. The lowest BCUT2D eigenvalue weighted by molar-refractivity contribution is -0.113. The molecule has 0 aliphatic carbocycles. The number of thioether (sulfide) groups is 1. The molecule has 0 unspecified atom stereocenters. The predicted molar refractivity (Wildman–Crippen MR) is 87.9 cm³/mol. The lowest BCUT2D eigenvalue weighted by atomic mass is 10.2. The summed E-state index contributed by atoms with van der Waals surface area (Å²) in [6.45, 7) is 1.98. The molecule has 0 bridgehead atoms. The maximum Gasteiger partial charge on any atom is 0.234 e. The molecular weight excluding hydrogens is 300 g/mol. The second kappa shape index (κ2) is 7.70. The Hall–Kier alpha value is -2.21. The molecule has 0 aliphatic rings. The van der Waals surface area contributed by atoms with E-state index in [9.17, 15) is 4.79 Å². The first kappa shape index (κ1) is 16.2. The molecule has 2 rings (SSSR count). The van der Waals surface area contributed by atoms with Gasteiger partial charge in [-0.05, 0) is 18.6 Å². The fourth-order valence-electron chi connectivity index (χ4n) is 1.76. The van der Waals surface area contributed by atoms with E-state index in [-0.39, 0.29) is 11.7 Å². The smallest absolute Gasteiger partial charge is 0.234 e. The van der Waals surface area contributed by atoms with Gasteiger partial charge >= 0.3 is 0 Å². The Kier molecular flexibility index (Phi) is 5.66. The fraction of sp³-hybridized carbons (Fsp3) is 0.250. The van der Waals surface area contributed by atoms with Crippen molar-refractivity contribution in [2.24, 2.45) is 0 Å².